The van der Waals surface area contributed by atoms with Gasteiger partial charge in [0, 0.05) is 22.8 Å². The molecule has 0 saturated carbocycles. The summed E-state index contributed by atoms with van der Waals surface area (Å²) < 4.78 is 5.40. The number of hydrogen-bond donors (Lipinski definition) is 1. The van der Waals surface area contributed by atoms with Crippen LogP contribution in [-0.4, -0.2) is 20.1 Å². The topological polar surface area (TPSA) is 76.7 Å². The van der Waals surface area contributed by atoms with E-state index in [4.69, 9.17) is 4.52 Å². The molecule has 0 atom stereocenters. The predicted molar refractivity (Wildman–Crippen MR) is 93.1 cm³/mol. The van der Waals surface area contributed by atoms with Gasteiger partial charge in [-0.3, -0.25) is 0 Å². The second kappa shape index (κ2) is 6.21. The quantitative estimate of drug-likeness (QED) is 0.599. The minimum Gasteiger partial charge on any atom is -0.339 e. The molecule has 0 unspecified atom stereocenters. The zero-order valence-corrected chi connectivity index (χ0v) is 13.6. The molecule has 1 aromatic carbocycles. The molecule has 24 heavy (non-hydrogen) atoms. The van der Waals surface area contributed by atoms with Crippen molar-refractivity contribution in [2.45, 2.75) is 6.92 Å². The smallest absolute Gasteiger partial charge is 0.263 e. The van der Waals surface area contributed by atoms with E-state index in [2.05, 4.69) is 25.4 Å². The van der Waals surface area contributed by atoms with Crippen LogP contribution in [0.5, 0.6) is 0 Å². The van der Waals surface area contributed by atoms with Gasteiger partial charge in [0.25, 0.3) is 5.89 Å². The molecule has 0 fully saturated rings. The average molecular weight is 335 g/mol. The first-order valence-electron chi connectivity index (χ1n) is 7.30. The molecular formula is C17H13N5OS. The molecule has 3 aromatic heterocycles. The molecule has 4 rings (SSSR count). The zero-order valence-electron chi connectivity index (χ0n) is 12.8. The van der Waals surface area contributed by atoms with E-state index in [1.165, 1.54) is 11.9 Å². The highest BCUT2D eigenvalue weighted by atomic mass is 32.1. The Morgan fingerprint density at radius 1 is 1.12 bits per heavy atom. The van der Waals surface area contributed by atoms with Crippen molar-refractivity contribution >= 4 is 22.8 Å². The van der Waals surface area contributed by atoms with Crippen LogP contribution in [0.4, 0.5) is 11.5 Å². The monoisotopic (exact) mass is 335 g/mol. The molecule has 0 spiro atoms. The highest BCUT2D eigenvalue weighted by molar-refractivity contribution is 7.08. The minimum atomic E-state index is 0.381. The molecule has 7 heteroatoms. The van der Waals surface area contributed by atoms with Crippen LogP contribution >= 0.6 is 11.3 Å². The number of aryl methyl sites for hydroxylation is 1. The van der Waals surface area contributed by atoms with Crippen molar-refractivity contribution in [1.82, 2.24) is 20.1 Å². The summed E-state index contributed by atoms with van der Waals surface area (Å²) in [7, 11) is 0. The maximum absolute atomic E-state index is 5.40. The maximum atomic E-state index is 5.40. The molecular weight excluding hydrogens is 322 g/mol. The Morgan fingerprint density at radius 3 is 2.79 bits per heavy atom. The third-order valence-corrected chi connectivity index (χ3v) is 4.15. The summed E-state index contributed by atoms with van der Waals surface area (Å²) in [6, 6.07) is 10.00. The van der Waals surface area contributed by atoms with Gasteiger partial charge in [0.1, 0.15) is 17.7 Å². The molecule has 0 amide bonds. The number of rotatable bonds is 4. The summed E-state index contributed by atoms with van der Waals surface area (Å²) in [6.07, 6.45) is 3.14. The van der Waals surface area contributed by atoms with Crippen molar-refractivity contribution in [2.75, 3.05) is 5.32 Å². The Morgan fingerprint density at radius 2 is 2.00 bits per heavy atom. The van der Waals surface area contributed by atoms with Gasteiger partial charge in [-0.15, -0.1) is 0 Å². The molecule has 0 radical (unpaired) electrons. The second-order valence-electron chi connectivity index (χ2n) is 5.21. The van der Waals surface area contributed by atoms with Crippen LogP contribution in [0, 0.1) is 6.92 Å². The van der Waals surface area contributed by atoms with Gasteiger partial charge in [-0.25, -0.2) is 9.97 Å². The summed E-state index contributed by atoms with van der Waals surface area (Å²) in [5.74, 6) is 1.55. The van der Waals surface area contributed by atoms with Crippen LogP contribution in [0.3, 0.4) is 0 Å². The number of anilines is 2. The minimum absolute atomic E-state index is 0.381. The lowest BCUT2D eigenvalue weighted by atomic mass is 10.2. The summed E-state index contributed by atoms with van der Waals surface area (Å²) >= 11 is 1.59. The van der Waals surface area contributed by atoms with Gasteiger partial charge in [0.15, 0.2) is 0 Å². The first kappa shape index (κ1) is 14.5. The lowest BCUT2D eigenvalue weighted by molar-refractivity contribution is 0.432. The van der Waals surface area contributed by atoms with Crippen LogP contribution in [-0.2, 0) is 0 Å². The number of aromatic nitrogens is 4. The van der Waals surface area contributed by atoms with E-state index >= 15 is 0 Å². The number of benzene rings is 1. The number of hydrogen-bond acceptors (Lipinski definition) is 7. The lowest BCUT2D eigenvalue weighted by Crippen LogP contribution is -1.97. The van der Waals surface area contributed by atoms with Crippen molar-refractivity contribution in [3.05, 3.63) is 59.2 Å². The Labute approximate surface area is 142 Å². The summed E-state index contributed by atoms with van der Waals surface area (Å²) in [4.78, 5) is 12.8. The van der Waals surface area contributed by atoms with E-state index in [1.54, 1.807) is 17.5 Å². The fraction of sp³-hybridized carbons (Fsp3) is 0.0588. The van der Waals surface area contributed by atoms with Crippen molar-refractivity contribution < 1.29 is 4.52 Å². The SMILES string of the molecule is Cc1ccc(Nc2ncncc2-c2nc(-c3ccsc3)no2)cc1. The van der Waals surface area contributed by atoms with E-state index in [9.17, 15) is 0 Å². The number of thiophene rings is 1. The van der Waals surface area contributed by atoms with Gasteiger partial charge in [-0.05, 0) is 30.5 Å². The largest absolute Gasteiger partial charge is 0.339 e. The zero-order chi connectivity index (χ0) is 16.4. The molecule has 0 bridgehead atoms. The van der Waals surface area contributed by atoms with E-state index in [0.29, 0.717) is 23.1 Å². The van der Waals surface area contributed by atoms with Gasteiger partial charge in [-0.2, -0.15) is 16.3 Å². The van der Waals surface area contributed by atoms with Crippen LogP contribution in [0.2, 0.25) is 0 Å². The summed E-state index contributed by atoms with van der Waals surface area (Å²) in [6.45, 7) is 2.05. The van der Waals surface area contributed by atoms with Crippen LogP contribution in [0.1, 0.15) is 5.56 Å². The van der Waals surface area contributed by atoms with E-state index in [1.807, 2.05) is 48.0 Å². The highest BCUT2D eigenvalue weighted by Crippen LogP contribution is 2.28. The van der Waals surface area contributed by atoms with Crippen LogP contribution in [0.25, 0.3) is 22.8 Å². The van der Waals surface area contributed by atoms with Crippen molar-refractivity contribution in [2.24, 2.45) is 0 Å². The summed E-state index contributed by atoms with van der Waals surface area (Å²) in [5.41, 5.74) is 3.71. The van der Waals surface area contributed by atoms with Crippen molar-refractivity contribution in [1.29, 1.82) is 0 Å². The standard InChI is InChI=1S/C17H13N5OS/c1-11-2-4-13(5-3-11)20-16-14(8-18-10-19-16)17-21-15(22-23-17)12-6-7-24-9-12/h2-10H,1H3,(H,18,19,20). The third-order valence-electron chi connectivity index (χ3n) is 3.46. The van der Waals surface area contributed by atoms with Gasteiger partial charge in [0.2, 0.25) is 5.82 Å². The Hall–Kier alpha value is -3.06. The van der Waals surface area contributed by atoms with E-state index in [-0.39, 0.29) is 0 Å². The Kier molecular flexibility index (Phi) is 3.76. The molecule has 4 aromatic rings. The number of nitrogens with zero attached hydrogens (tertiary/aromatic N) is 4. The molecule has 0 aliphatic heterocycles. The molecule has 6 nitrogen and oxygen atoms in total. The van der Waals surface area contributed by atoms with E-state index < -0.39 is 0 Å². The summed E-state index contributed by atoms with van der Waals surface area (Å²) in [5, 5.41) is 11.2. The van der Waals surface area contributed by atoms with Crippen molar-refractivity contribution in [3.8, 4) is 22.8 Å². The molecule has 0 aliphatic carbocycles. The molecule has 118 valence electrons. The fourth-order valence-electron chi connectivity index (χ4n) is 2.20. The Bertz CT molecular complexity index is 947. The van der Waals surface area contributed by atoms with Gasteiger partial charge >= 0.3 is 0 Å². The maximum Gasteiger partial charge on any atom is 0.263 e. The normalized spacial score (nSPS) is 10.7. The molecule has 1 N–H and O–H groups in total. The fourth-order valence-corrected chi connectivity index (χ4v) is 2.84. The average Bonchev–Trinajstić information content (AvgIpc) is 3.28. The second-order valence-corrected chi connectivity index (χ2v) is 5.99. The van der Waals surface area contributed by atoms with Gasteiger partial charge in [-0.1, -0.05) is 22.9 Å². The van der Waals surface area contributed by atoms with Gasteiger partial charge in [0.05, 0.1) is 0 Å². The Balaban J connectivity index is 1.67. The number of nitrogens with one attached hydrogen (secondary N) is 1. The van der Waals surface area contributed by atoms with Crippen LogP contribution < -0.4 is 5.32 Å². The molecule has 0 aliphatic rings. The first-order valence-corrected chi connectivity index (χ1v) is 8.24. The predicted octanol–water partition coefficient (Wildman–Crippen LogP) is 4.31. The third kappa shape index (κ3) is 2.89. The lowest BCUT2D eigenvalue weighted by Gasteiger charge is -2.08. The van der Waals surface area contributed by atoms with E-state index in [0.717, 1.165) is 11.3 Å². The molecule has 3 heterocycles. The van der Waals surface area contributed by atoms with Crippen molar-refractivity contribution in [3.63, 3.8) is 0 Å². The molecule has 0 saturated heterocycles. The van der Waals surface area contributed by atoms with Gasteiger partial charge < -0.3 is 9.84 Å². The highest BCUT2D eigenvalue weighted by Gasteiger charge is 2.15. The van der Waals surface area contributed by atoms with Crippen LogP contribution in [0.15, 0.2) is 58.1 Å². The first-order chi connectivity index (χ1) is 11.8.